The van der Waals surface area contributed by atoms with Gasteiger partial charge in [0.1, 0.15) is 16.4 Å². The van der Waals surface area contributed by atoms with E-state index in [1.54, 1.807) is 26.4 Å². The molecule has 10 heteroatoms. The van der Waals surface area contributed by atoms with Crippen LogP contribution in [0.4, 0.5) is 0 Å². The highest BCUT2D eigenvalue weighted by Crippen LogP contribution is 2.34. The van der Waals surface area contributed by atoms with Crippen LogP contribution in [-0.4, -0.2) is 44.6 Å². The van der Waals surface area contributed by atoms with E-state index < -0.39 is 5.97 Å². The number of methoxy groups -OCH3 is 2. The Balaban J connectivity index is 1.51. The van der Waals surface area contributed by atoms with E-state index in [0.29, 0.717) is 40.6 Å². The van der Waals surface area contributed by atoms with Crippen molar-refractivity contribution < 1.29 is 19.4 Å². The number of aromatic nitrogens is 4. The molecule has 204 valence electrons. The third-order valence-electron chi connectivity index (χ3n) is 6.43. The zero-order valence-electron chi connectivity index (χ0n) is 22.2. The van der Waals surface area contributed by atoms with Crippen LogP contribution in [-0.2, 0) is 17.9 Å². The van der Waals surface area contributed by atoms with Gasteiger partial charge in [0.25, 0.3) is 0 Å². The van der Waals surface area contributed by atoms with Crippen LogP contribution >= 0.6 is 23.4 Å². The molecule has 0 saturated heterocycles. The number of nitrogens with zero attached hydrogens (tertiary/aromatic N) is 4. The van der Waals surface area contributed by atoms with E-state index in [4.69, 9.17) is 21.1 Å². The number of aliphatic carboxylic acids is 1. The van der Waals surface area contributed by atoms with Gasteiger partial charge in [-0.3, -0.25) is 0 Å². The van der Waals surface area contributed by atoms with Crippen LogP contribution in [0, 0.1) is 0 Å². The fourth-order valence-corrected chi connectivity index (χ4v) is 5.48. The highest BCUT2D eigenvalue weighted by molar-refractivity contribution is 8.04. The first-order chi connectivity index (χ1) is 19.4. The highest BCUT2D eigenvalue weighted by Gasteiger charge is 2.20. The number of carboxylic acid groups (broad SMARTS) is 1. The minimum Gasteiger partial charge on any atom is -0.497 e. The van der Waals surface area contributed by atoms with Gasteiger partial charge in [0.15, 0.2) is 11.0 Å². The SMILES string of the molecule is CCn1c(S/C(=C\c2cn(Cc3ccc(Cl)cc3)c3ccccc23)C(=O)O)nnc1-c1cc(OC)cc(OC)c1. The van der Waals surface area contributed by atoms with Crippen LogP contribution in [0.3, 0.4) is 0 Å². The number of thioether (sulfide) groups is 1. The standard InChI is InChI=1S/C30H27ClN4O4S/c1-4-35-28(20-13-23(38-2)16-24(14-20)39-3)32-33-30(35)40-27(29(36)37)15-21-18-34(26-8-6-5-7-25(21)26)17-19-9-11-22(31)12-10-19/h5-16,18H,4,17H2,1-3H3,(H,36,37)/b27-15-. The van der Waals surface area contributed by atoms with Gasteiger partial charge in [-0.2, -0.15) is 0 Å². The molecule has 0 saturated carbocycles. The third-order valence-corrected chi connectivity index (χ3v) is 7.68. The summed E-state index contributed by atoms with van der Waals surface area (Å²) in [6.07, 6.45) is 3.66. The summed E-state index contributed by atoms with van der Waals surface area (Å²) in [5, 5.41) is 21.0. The van der Waals surface area contributed by atoms with Crippen molar-refractivity contribution in [3.63, 3.8) is 0 Å². The molecule has 0 spiro atoms. The van der Waals surface area contributed by atoms with Crippen molar-refractivity contribution in [2.24, 2.45) is 0 Å². The summed E-state index contributed by atoms with van der Waals surface area (Å²) in [5.74, 6) is 0.784. The Morgan fingerprint density at radius 1 is 1.02 bits per heavy atom. The summed E-state index contributed by atoms with van der Waals surface area (Å²) in [4.78, 5) is 12.5. The summed E-state index contributed by atoms with van der Waals surface area (Å²) < 4.78 is 14.8. The summed E-state index contributed by atoms with van der Waals surface area (Å²) in [6, 6.07) is 21.1. The van der Waals surface area contributed by atoms with Crippen molar-refractivity contribution in [3.8, 4) is 22.9 Å². The van der Waals surface area contributed by atoms with Crippen molar-refractivity contribution in [1.82, 2.24) is 19.3 Å². The number of carboxylic acids is 1. The Morgan fingerprint density at radius 3 is 2.38 bits per heavy atom. The molecular weight excluding hydrogens is 548 g/mol. The van der Waals surface area contributed by atoms with Gasteiger partial charge in [-0.15, -0.1) is 10.2 Å². The number of hydrogen-bond acceptors (Lipinski definition) is 6. The minimum atomic E-state index is -1.05. The van der Waals surface area contributed by atoms with E-state index in [1.807, 2.05) is 78.4 Å². The highest BCUT2D eigenvalue weighted by atomic mass is 35.5. The lowest BCUT2D eigenvalue weighted by molar-refractivity contribution is -0.131. The molecule has 0 aliphatic carbocycles. The van der Waals surface area contributed by atoms with E-state index in [2.05, 4.69) is 14.8 Å². The molecule has 0 aliphatic rings. The lowest BCUT2D eigenvalue weighted by Gasteiger charge is -2.10. The quantitative estimate of drug-likeness (QED) is 0.144. The maximum absolute atomic E-state index is 12.4. The molecule has 0 fully saturated rings. The Hall–Kier alpha value is -4.21. The van der Waals surface area contributed by atoms with Crippen molar-refractivity contribution in [2.45, 2.75) is 25.2 Å². The van der Waals surface area contributed by atoms with E-state index in [-0.39, 0.29) is 4.91 Å². The lowest BCUT2D eigenvalue weighted by atomic mass is 10.1. The largest absolute Gasteiger partial charge is 0.497 e. The first kappa shape index (κ1) is 27.4. The topological polar surface area (TPSA) is 91.4 Å². The van der Waals surface area contributed by atoms with Gasteiger partial charge in [0.05, 0.1) is 14.2 Å². The van der Waals surface area contributed by atoms with Crippen LogP contribution < -0.4 is 9.47 Å². The number of rotatable bonds is 10. The van der Waals surface area contributed by atoms with E-state index in [9.17, 15) is 9.90 Å². The van der Waals surface area contributed by atoms with E-state index >= 15 is 0 Å². The molecule has 0 radical (unpaired) electrons. The van der Waals surface area contributed by atoms with Gasteiger partial charge in [-0.05, 0) is 60.7 Å². The molecule has 2 heterocycles. The van der Waals surface area contributed by atoms with Crippen molar-refractivity contribution in [2.75, 3.05) is 14.2 Å². The smallest absolute Gasteiger partial charge is 0.342 e. The Labute approximate surface area is 240 Å². The Bertz CT molecular complexity index is 1690. The van der Waals surface area contributed by atoms with Crippen LogP contribution in [0.5, 0.6) is 11.5 Å². The fourth-order valence-electron chi connectivity index (χ4n) is 4.48. The summed E-state index contributed by atoms with van der Waals surface area (Å²) in [5.41, 5.74) is 3.65. The van der Waals surface area contributed by atoms with Gasteiger partial charge in [-0.1, -0.05) is 41.9 Å². The van der Waals surface area contributed by atoms with Crippen LogP contribution in [0.2, 0.25) is 5.02 Å². The van der Waals surface area contributed by atoms with Crippen molar-refractivity contribution in [1.29, 1.82) is 0 Å². The van der Waals surface area contributed by atoms with Gasteiger partial charge in [0.2, 0.25) is 0 Å². The molecule has 0 amide bonds. The molecule has 1 N–H and O–H groups in total. The number of halogens is 1. The maximum Gasteiger partial charge on any atom is 0.342 e. The molecule has 5 rings (SSSR count). The summed E-state index contributed by atoms with van der Waals surface area (Å²) >= 11 is 7.12. The number of carbonyl (C=O) groups is 1. The van der Waals surface area contributed by atoms with Gasteiger partial charge in [0, 0.05) is 52.4 Å². The Kier molecular flexibility index (Phi) is 8.14. The average molecular weight is 575 g/mol. The molecule has 5 aromatic rings. The second kappa shape index (κ2) is 11.9. The monoisotopic (exact) mass is 574 g/mol. The number of para-hydroxylation sites is 1. The van der Waals surface area contributed by atoms with E-state index in [1.165, 1.54) is 0 Å². The molecule has 0 aliphatic heterocycles. The summed E-state index contributed by atoms with van der Waals surface area (Å²) in [7, 11) is 3.17. The molecule has 2 aromatic heterocycles. The fraction of sp³-hybridized carbons (Fsp3) is 0.167. The molecule has 0 atom stereocenters. The zero-order chi connectivity index (χ0) is 28.2. The predicted octanol–water partition coefficient (Wildman–Crippen LogP) is 6.86. The first-order valence-electron chi connectivity index (χ1n) is 12.5. The number of fused-ring (bicyclic) bond motifs is 1. The third kappa shape index (κ3) is 5.71. The molecule has 0 bridgehead atoms. The summed E-state index contributed by atoms with van der Waals surface area (Å²) in [6.45, 7) is 3.12. The normalized spacial score (nSPS) is 11.7. The number of benzene rings is 3. The molecule has 8 nitrogen and oxygen atoms in total. The first-order valence-corrected chi connectivity index (χ1v) is 13.7. The van der Waals surface area contributed by atoms with E-state index in [0.717, 1.165) is 39.4 Å². The zero-order valence-corrected chi connectivity index (χ0v) is 23.7. The van der Waals surface area contributed by atoms with Crippen LogP contribution in [0.15, 0.2) is 83.0 Å². The van der Waals surface area contributed by atoms with Gasteiger partial charge < -0.3 is 23.7 Å². The molecular formula is C30H27ClN4O4S. The van der Waals surface area contributed by atoms with Gasteiger partial charge in [-0.25, -0.2) is 4.79 Å². The predicted molar refractivity (Wildman–Crippen MR) is 158 cm³/mol. The van der Waals surface area contributed by atoms with Crippen LogP contribution in [0.25, 0.3) is 28.4 Å². The number of ether oxygens (including phenoxy) is 2. The maximum atomic E-state index is 12.4. The second-order valence-corrected chi connectivity index (χ2v) is 10.4. The Morgan fingerprint density at radius 2 is 1.73 bits per heavy atom. The minimum absolute atomic E-state index is 0.131. The van der Waals surface area contributed by atoms with Crippen LogP contribution in [0.1, 0.15) is 18.1 Å². The number of hydrogen-bond donors (Lipinski definition) is 1. The van der Waals surface area contributed by atoms with Crippen molar-refractivity contribution in [3.05, 3.63) is 94.0 Å². The lowest BCUT2D eigenvalue weighted by Crippen LogP contribution is -2.03. The average Bonchev–Trinajstić information content (AvgIpc) is 3.54. The molecule has 40 heavy (non-hydrogen) atoms. The van der Waals surface area contributed by atoms with Crippen molar-refractivity contribution >= 4 is 46.3 Å². The molecule has 0 unspecified atom stereocenters. The van der Waals surface area contributed by atoms with Gasteiger partial charge >= 0.3 is 5.97 Å². The second-order valence-electron chi connectivity index (χ2n) is 8.92. The molecule has 3 aromatic carbocycles.